The van der Waals surface area contributed by atoms with E-state index in [-0.39, 0.29) is 24.1 Å². The molecule has 0 saturated carbocycles. The zero-order valence-corrected chi connectivity index (χ0v) is 19.0. The summed E-state index contributed by atoms with van der Waals surface area (Å²) in [5.74, 6) is -0.506. The van der Waals surface area contributed by atoms with Crippen molar-refractivity contribution in [2.75, 3.05) is 13.1 Å². The van der Waals surface area contributed by atoms with Gasteiger partial charge in [-0.15, -0.1) is 0 Å². The van der Waals surface area contributed by atoms with E-state index in [1.165, 1.54) is 4.31 Å². The van der Waals surface area contributed by atoms with Crippen LogP contribution in [-0.2, 0) is 27.0 Å². The lowest BCUT2D eigenvalue weighted by atomic mass is 9.92. The fraction of sp³-hybridized carbons (Fsp3) is 0.435. The molecular formula is C23H29ClN2O3S. The molecule has 1 aliphatic heterocycles. The fourth-order valence-corrected chi connectivity index (χ4v) is 5.61. The molecule has 2 aromatic rings. The Morgan fingerprint density at radius 3 is 2.43 bits per heavy atom. The normalized spacial score (nSPS) is 18.2. The molecule has 3 rings (SSSR count). The number of hydrogen-bond acceptors (Lipinski definition) is 3. The third-order valence-electron chi connectivity index (χ3n) is 5.36. The van der Waals surface area contributed by atoms with Gasteiger partial charge < -0.3 is 5.32 Å². The van der Waals surface area contributed by atoms with E-state index < -0.39 is 15.6 Å². The average molecular weight is 449 g/mol. The molecule has 2 aromatic carbocycles. The van der Waals surface area contributed by atoms with Crippen LogP contribution in [0.15, 0.2) is 54.6 Å². The van der Waals surface area contributed by atoms with Gasteiger partial charge >= 0.3 is 0 Å². The largest absolute Gasteiger partial charge is 0.351 e. The van der Waals surface area contributed by atoms with E-state index in [1.54, 1.807) is 24.3 Å². The number of amides is 1. The highest BCUT2D eigenvalue weighted by Gasteiger charge is 2.34. The van der Waals surface area contributed by atoms with E-state index in [2.05, 4.69) is 5.32 Å². The first kappa shape index (κ1) is 22.8. The Morgan fingerprint density at radius 1 is 1.10 bits per heavy atom. The maximum Gasteiger partial charge on any atom is 0.224 e. The Bertz CT molecular complexity index is 960. The minimum absolute atomic E-state index is 0.0812. The smallest absolute Gasteiger partial charge is 0.224 e. The van der Waals surface area contributed by atoms with Crippen molar-refractivity contribution in [2.24, 2.45) is 5.92 Å². The van der Waals surface area contributed by atoms with Crippen molar-refractivity contribution >= 4 is 27.5 Å². The number of piperidine rings is 1. The molecule has 7 heteroatoms. The third-order valence-corrected chi connectivity index (χ3v) is 7.43. The predicted molar refractivity (Wildman–Crippen MR) is 121 cm³/mol. The van der Waals surface area contributed by atoms with Crippen LogP contribution in [0.4, 0.5) is 0 Å². The van der Waals surface area contributed by atoms with E-state index >= 15 is 0 Å². The van der Waals surface area contributed by atoms with Gasteiger partial charge in [-0.05, 0) is 56.4 Å². The topological polar surface area (TPSA) is 66.5 Å². The van der Waals surface area contributed by atoms with Crippen molar-refractivity contribution < 1.29 is 13.2 Å². The summed E-state index contributed by atoms with van der Waals surface area (Å²) in [6, 6.07) is 16.8. The minimum atomic E-state index is -3.50. The van der Waals surface area contributed by atoms with Crippen molar-refractivity contribution in [1.29, 1.82) is 0 Å². The summed E-state index contributed by atoms with van der Waals surface area (Å²) >= 11 is 5.89. The maximum atomic E-state index is 12.9. The van der Waals surface area contributed by atoms with Crippen LogP contribution >= 0.6 is 11.6 Å². The Balaban J connectivity index is 1.61. The van der Waals surface area contributed by atoms with Gasteiger partial charge in [-0.25, -0.2) is 12.7 Å². The Hall–Kier alpha value is -1.89. The minimum Gasteiger partial charge on any atom is -0.351 e. The zero-order chi connectivity index (χ0) is 21.8. The molecule has 0 unspecified atom stereocenters. The Labute approximate surface area is 184 Å². The number of nitrogens with zero attached hydrogens (tertiary/aromatic N) is 1. The summed E-state index contributed by atoms with van der Waals surface area (Å²) in [6.45, 7) is 4.67. The lowest BCUT2D eigenvalue weighted by Gasteiger charge is -2.34. The van der Waals surface area contributed by atoms with Gasteiger partial charge in [0, 0.05) is 23.7 Å². The summed E-state index contributed by atoms with van der Waals surface area (Å²) in [5, 5.41) is 3.70. The molecule has 1 aliphatic rings. The summed E-state index contributed by atoms with van der Waals surface area (Å²) < 4.78 is 27.2. The number of carbonyl (C=O) groups is 1. The molecule has 5 nitrogen and oxygen atoms in total. The lowest BCUT2D eigenvalue weighted by molar-refractivity contribution is -0.127. The summed E-state index contributed by atoms with van der Waals surface area (Å²) in [5.41, 5.74) is 1.43. The van der Waals surface area contributed by atoms with E-state index in [0.29, 0.717) is 36.4 Å². The van der Waals surface area contributed by atoms with Crippen LogP contribution < -0.4 is 5.32 Å². The molecule has 0 aromatic heterocycles. The first-order valence-electron chi connectivity index (χ1n) is 10.2. The maximum absolute atomic E-state index is 12.9. The highest BCUT2D eigenvalue weighted by molar-refractivity contribution is 7.88. The standard InChI is InChI=1S/C23H29ClN2O3S/c1-23(2,15-18-7-4-3-5-8-18)25-22(27)20-9-6-14-26(16-20)30(28,29)17-19-10-12-21(24)13-11-19/h3-5,7-8,10-13,20H,6,9,14-17H2,1-2H3,(H,25,27)/t20-/m1/s1. The quantitative estimate of drug-likeness (QED) is 0.695. The molecule has 1 atom stereocenters. The number of carbonyl (C=O) groups excluding carboxylic acids is 1. The molecule has 0 bridgehead atoms. The van der Waals surface area contributed by atoms with Crippen molar-refractivity contribution in [3.05, 3.63) is 70.7 Å². The highest BCUT2D eigenvalue weighted by atomic mass is 35.5. The van der Waals surface area contributed by atoms with Gasteiger partial charge in [-0.2, -0.15) is 0 Å². The molecule has 0 spiro atoms. The van der Waals surface area contributed by atoms with Crippen LogP contribution in [-0.4, -0.2) is 37.3 Å². The van der Waals surface area contributed by atoms with Crippen LogP contribution in [0.5, 0.6) is 0 Å². The number of benzene rings is 2. The Morgan fingerprint density at radius 2 is 1.77 bits per heavy atom. The van der Waals surface area contributed by atoms with Crippen LogP contribution in [0.2, 0.25) is 5.02 Å². The van der Waals surface area contributed by atoms with Gasteiger partial charge in [0.05, 0.1) is 11.7 Å². The molecule has 1 amide bonds. The van der Waals surface area contributed by atoms with Crippen LogP contribution in [0.3, 0.4) is 0 Å². The van der Waals surface area contributed by atoms with Gasteiger partial charge in [0.1, 0.15) is 0 Å². The number of nitrogens with one attached hydrogen (secondary N) is 1. The van der Waals surface area contributed by atoms with Gasteiger partial charge in [0.25, 0.3) is 0 Å². The summed E-state index contributed by atoms with van der Waals surface area (Å²) in [4.78, 5) is 12.9. The van der Waals surface area contributed by atoms with Crippen molar-refractivity contribution in [3.63, 3.8) is 0 Å². The monoisotopic (exact) mass is 448 g/mol. The van der Waals surface area contributed by atoms with E-state index in [4.69, 9.17) is 11.6 Å². The van der Waals surface area contributed by atoms with Gasteiger partial charge in [-0.1, -0.05) is 54.1 Å². The second kappa shape index (κ2) is 9.50. The first-order valence-corrected chi connectivity index (χ1v) is 12.2. The summed E-state index contributed by atoms with van der Waals surface area (Å²) in [6.07, 6.45) is 2.09. The first-order chi connectivity index (χ1) is 14.1. The number of rotatable bonds is 7. The molecule has 1 heterocycles. The SMILES string of the molecule is CC(C)(Cc1ccccc1)NC(=O)[C@@H]1CCCN(S(=O)(=O)Cc2ccc(Cl)cc2)C1. The zero-order valence-electron chi connectivity index (χ0n) is 17.5. The molecular weight excluding hydrogens is 420 g/mol. The van der Waals surface area contributed by atoms with Gasteiger partial charge in [0.2, 0.25) is 15.9 Å². The number of halogens is 1. The van der Waals surface area contributed by atoms with E-state index in [0.717, 1.165) is 5.56 Å². The number of hydrogen-bond donors (Lipinski definition) is 1. The highest BCUT2D eigenvalue weighted by Crippen LogP contribution is 2.23. The second-order valence-corrected chi connectivity index (χ2v) is 11.0. The molecule has 162 valence electrons. The van der Waals surface area contributed by atoms with E-state index in [9.17, 15) is 13.2 Å². The lowest BCUT2D eigenvalue weighted by Crippen LogP contribution is -2.51. The average Bonchev–Trinajstić information content (AvgIpc) is 2.70. The fourth-order valence-electron chi connectivity index (χ4n) is 3.88. The van der Waals surface area contributed by atoms with Crippen LogP contribution in [0, 0.1) is 5.92 Å². The third kappa shape index (κ3) is 6.30. The second-order valence-electron chi connectivity index (χ2n) is 8.62. The molecule has 0 radical (unpaired) electrons. The predicted octanol–water partition coefficient (Wildman–Crippen LogP) is 4.02. The molecule has 1 N–H and O–H groups in total. The van der Waals surface area contributed by atoms with Gasteiger partial charge in [-0.3, -0.25) is 4.79 Å². The van der Waals surface area contributed by atoms with Crippen molar-refractivity contribution in [3.8, 4) is 0 Å². The molecule has 0 aliphatic carbocycles. The number of sulfonamides is 1. The van der Waals surface area contributed by atoms with Crippen LogP contribution in [0.1, 0.15) is 37.8 Å². The molecule has 1 fully saturated rings. The van der Waals surface area contributed by atoms with E-state index in [1.807, 2.05) is 44.2 Å². The van der Waals surface area contributed by atoms with Gasteiger partial charge in [0.15, 0.2) is 0 Å². The molecule has 30 heavy (non-hydrogen) atoms. The van der Waals surface area contributed by atoms with Crippen molar-refractivity contribution in [2.45, 2.75) is 44.4 Å². The van der Waals surface area contributed by atoms with Crippen LogP contribution in [0.25, 0.3) is 0 Å². The Kier molecular flexibility index (Phi) is 7.22. The molecule has 1 saturated heterocycles. The summed E-state index contributed by atoms with van der Waals surface area (Å²) in [7, 11) is -3.50. The van der Waals surface area contributed by atoms with Crippen molar-refractivity contribution in [1.82, 2.24) is 9.62 Å².